The highest BCUT2D eigenvalue weighted by molar-refractivity contribution is 6.31. The molecule has 4 nitrogen and oxygen atoms in total. The summed E-state index contributed by atoms with van der Waals surface area (Å²) < 4.78 is 42.5. The molecule has 1 aromatic carbocycles. The molecule has 0 unspecified atom stereocenters. The Morgan fingerprint density at radius 3 is 2.48 bits per heavy atom. The van der Waals surface area contributed by atoms with Crippen LogP contribution in [0.4, 0.5) is 13.2 Å². The summed E-state index contributed by atoms with van der Waals surface area (Å²) in [4.78, 5) is 22.0. The predicted molar refractivity (Wildman–Crippen MR) is 68.7 cm³/mol. The van der Waals surface area contributed by atoms with E-state index in [1.165, 1.54) is 6.07 Å². The van der Waals surface area contributed by atoms with Gasteiger partial charge in [-0.25, -0.2) is 4.79 Å². The van der Waals surface area contributed by atoms with Crippen LogP contribution in [0.3, 0.4) is 0 Å². The molecule has 0 aliphatic carbocycles. The maximum absolute atomic E-state index is 12.7. The molecule has 0 spiro atoms. The Hall–Kier alpha value is -2.02. The molecule has 0 aliphatic rings. The molecule has 0 aliphatic heterocycles. The maximum atomic E-state index is 12.7. The van der Waals surface area contributed by atoms with Gasteiger partial charge in [-0.3, -0.25) is 4.79 Å². The van der Waals surface area contributed by atoms with Crippen LogP contribution in [0, 0.1) is 0 Å². The van der Waals surface area contributed by atoms with E-state index in [4.69, 9.17) is 16.7 Å². The van der Waals surface area contributed by atoms with Gasteiger partial charge < -0.3 is 9.84 Å². The lowest BCUT2D eigenvalue weighted by Crippen LogP contribution is -2.10. The number of carbonyl (C=O) groups is 2. The summed E-state index contributed by atoms with van der Waals surface area (Å²) in [5, 5.41) is 8.20. The van der Waals surface area contributed by atoms with Gasteiger partial charge in [0.25, 0.3) is 0 Å². The molecule has 0 bridgehead atoms. The van der Waals surface area contributed by atoms with Gasteiger partial charge in [-0.15, -0.1) is 0 Å². The van der Waals surface area contributed by atoms with Gasteiger partial charge in [-0.1, -0.05) is 17.7 Å². The number of hydrogen-bond donors (Lipinski definition) is 1. The van der Waals surface area contributed by atoms with Gasteiger partial charge in [0.15, 0.2) is 0 Å². The minimum absolute atomic E-state index is 0.00613. The lowest BCUT2D eigenvalue weighted by atomic mass is 10.1. The summed E-state index contributed by atoms with van der Waals surface area (Å²) in [5.41, 5.74) is -1.36. The van der Waals surface area contributed by atoms with Crippen LogP contribution < -0.4 is 0 Å². The van der Waals surface area contributed by atoms with Gasteiger partial charge in [0.05, 0.1) is 24.1 Å². The van der Waals surface area contributed by atoms with Crippen molar-refractivity contribution in [1.82, 2.24) is 0 Å². The normalized spacial score (nSPS) is 12.1. The zero-order chi connectivity index (χ0) is 16.2. The number of halogens is 4. The van der Waals surface area contributed by atoms with Crippen molar-refractivity contribution < 1.29 is 32.6 Å². The summed E-state index contributed by atoms with van der Waals surface area (Å²) in [6.45, 7) is 0. The van der Waals surface area contributed by atoms with E-state index in [0.29, 0.717) is 0 Å². The number of hydrogen-bond acceptors (Lipinski definition) is 3. The van der Waals surface area contributed by atoms with Crippen LogP contribution in [0.5, 0.6) is 0 Å². The Balaban J connectivity index is 3.28. The standard InChI is InChI=1S/C13H10ClF3O4/c1-21-12(20)8(6-11(18)19)4-7-2-3-10(14)9(5-7)13(15,16)17/h2-5H,6H2,1H3,(H,18,19)/b8-4+. The third-order valence-electron chi connectivity index (χ3n) is 2.43. The maximum Gasteiger partial charge on any atom is 0.417 e. The topological polar surface area (TPSA) is 63.6 Å². The Morgan fingerprint density at radius 1 is 1.38 bits per heavy atom. The SMILES string of the molecule is COC(=O)/C(=C/c1ccc(Cl)c(C(F)(F)F)c1)CC(=O)O. The second-order valence-corrected chi connectivity index (χ2v) is 4.38. The lowest BCUT2D eigenvalue weighted by molar-refractivity contribution is -0.141. The van der Waals surface area contributed by atoms with Gasteiger partial charge in [-0.2, -0.15) is 13.2 Å². The average Bonchev–Trinajstić information content (AvgIpc) is 2.37. The van der Waals surface area contributed by atoms with E-state index >= 15 is 0 Å². The number of carboxylic acid groups (broad SMARTS) is 1. The highest BCUT2D eigenvalue weighted by Gasteiger charge is 2.33. The fourth-order valence-electron chi connectivity index (χ4n) is 1.53. The summed E-state index contributed by atoms with van der Waals surface area (Å²) in [6, 6.07) is 2.99. The highest BCUT2D eigenvalue weighted by atomic mass is 35.5. The number of carbonyl (C=O) groups excluding carboxylic acids is 1. The van der Waals surface area contributed by atoms with Crippen molar-refractivity contribution in [3.63, 3.8) is 0 Å². The van der Waals surface area contributed by atoms with Crippen molar-refractivity contribution in [1.29, 1.82) is 0 Å². The number of alkyl halides is 3. The summed E-state index contributed by atoms with van der Waals surface area (Å²) in [5.74, 6) is -2.24. The molecule has 21 heavy (non-hydrogen) atoms. The van der Waals surface area contributed by atoms with Gasteiger partial charge in [0.1, 0.15) is 0 Å². The molecular formula is C13H10ClF3O4. The molecule has 0 atom stereocenters. The first kappa shape index (κ1) is 17.0. The molecule has 1 aromatic rings. The number of carboxylic acids is 1. The minimum Gasteiger partial charge on any atom is -0.481 e. The Morgan fingerprint density at radius 2 is 2.00 bits per heavy atom. The third-order valence-corrected chi connectivity index (χ3v) is 2.76. The van der Waals surface area contributed by atoms with Crippen LogP contribution in [0.15, 0.2) is 23.8 Å². The number of benzene rings is 1. The van der Waals surface area contributed by atoms with Gasteiger partial charge >= 0.3 is 18.1 Å². The van der Waals surface area contributed by atoms with Crippen LogP contribution >= 0.6 is 11.6 Å². The fourth-order valence-corrected chi connectivity index (χ4v) is 1.75. The van der Waals surface area contributed by atoms with Gasteiger partial charge in [-0.05, 0) is 23.8 Å². The van der Waals surface area contributed by atoms with Gasteiger partial charge in [0, 0.05) is 5.57 Å². The van der Waals surface area contributed by atoms with Crippen molar-refractivity contribution in [2.24, 2.45) is 0 Å². The zero-order valence-electron chi connectivity index (χ0n) is 10.7. The zero-order valence-corrected chi connectivity index (χ0v) is 11.5. The number of esters is 1. The molecule has 0 saturated carbocycles. The average molecular weight is 323 g/mol. The van der Waals surface area contributed by atoms with Crippen LogP contribution in [-0.2, 0) is 20.5 Å². The first-order valence-corrected chi connectivity index (χ1v) is 5.90. The lowest BCUT2D eigenvalue weighted by Gasteiger charge is -2.10. The first-order chi connectivity index (χ1) is 9.65. The number of rotatable bonds is 4. The molecule has 1 N–H and O–H groups in total. The fraction of sp³-hybridized carbons (Fsp3) is 0.231. The summed E-state index contributed by atoms with van der Waals surface area (Å²) in [6.07, 6.45) is -4.30. The summed E-state index contributed by atoms with van der Waals surface area (Å²) in [7, 11) is 1.04. The molecule has 0 radical (unpaired) electrons. The van der Waals surface area contributed by atoms with Crippen molar-refractivity contribution >= 4 is 29.6 Å². The molecule has 0 fully saturated rings. The minimum atomic E-state index is -4.65. The number of ether oxygens (including phenoxy) is 1. The smallest absolute Gasteiger partial charge is 0.417 e. The molecule has 8 heteroatoms. The summed E-state index contributed by atoms with van der Waals surface area (Å²) >= 11 is 5.47. The molecule has 0 amide bonds. The highest BCUT2D eigenvalue weighted by Crippen LogP contribution is 2.35. The van der Waals surface area contributed by atoms with Crippen molar-refractivity contribution in [2.45, 2.75) is 12.6 Å². The van der Waals surface area contributed by atoms with E-state index in [2.05, 4.69) is 4.74 Å². The largest absolute Gasteiger partial charge is 0.481 e. The molecule has 1 rings (SSSR count). The van der Waals surface area contributed by atoms with E-state index in [1.54, 1.807) is 0 Å². The van der Waals surface area contributed by atoms with E-state index in [0.717, 1.165) is 25.3 Å². The van der Waals surface area contributed by atoms with E-state index in [-0.39, 0.29) is 11.1 Å². The number of methoxy groups -OCH3 is 1. The van der Waals surface area contributed by atoms with Crippen LogP contribution in [0.2, 0.25) is 5.02 Å². The van der Waals surface area contributed by atoms with Crippen molar-refractivity contribution in [3.05, 3.63) is 39.9 Å². The van der Waals surface area contributed by atoms with Crippen LogP contribution in [0.1, 0.15) is 17.5 Å². The van der Waals surface area contributed by atoms with Crippen LogP contribution in [0.25, 0.3) is 6.08 Å². The first-order valence-electron chi connectivity index (χ1n) is 5.52. The number of aliphatic carboxylic acids is 1. The second kappa shape index (κ2) is 6.62. The quantitative estimate of drug-likeness (QED) is 0.681. The van der Waals surface area contributed by atoms with E-state index in [9.17, 15) is 22.8 Å². The molecule has 0 aromatic heterocycles. The Kier molecular flexibility index (Phi) is 5.37. The second-order valence-electron chi connectivity index (χ2n) is 3.97. The van der Waals surface area contributed by atoms with Crippen molar-refractivity contribution in [2.75, 3.05) is 7.11 Å². The Bertz CT molecular complexity index is 594. The van der Waals surface area contributed by atoms with Crippen LogP contribution in [-0.4, -0.2) is 24.2 Å². The molecule has 0 saturated heterocycles. The molecule has 114 valence electrons. The predicted octanol–water partition coefficient (Wildman–Crippen LogP) is 3.39. The van der Waals surface area contributed by atoms with Gasteiger partial charge in [0.2, 0.25) is 0 Å². The molecular weight excluding hydrogens is 313 g/mol. The Labute approximate surface area is 122 Å². The monoisotopic (exact) mass is 322 g/mol. The van der Waals surface area contributed by atoms with E-state index < -0.39 is 35.1 Å². The van der Waals surface area contributed by atoms with E-state index in [1.807, 2.05) is 0 Å². The van der Waals surface area contributed by atoms with Crippen molar-refractivity contribution in [3.8, 4) is 0 Å². The third kappa shape index (κ3) is 4.78. The molecule has 0 heterocycles.